The third-order valence-electron chi connectivity index (χ3n) is 3.58. The standard InChI is InChI=1S/C15H16FN3O2/c16-11-1-3-13(4-2-11)19-8-5-12(17-19)9-15(21)18-7-6-14(20)10-18/h1-5,8,14,20H,6-7,9-10H2/t14-/m1/s1. The van der Waals surface area contributed by atoms with E-state index in [1.54, 1.807) is 34.0 Å². The fraction of sp³-hybridized carbons (Fsp3) is 0.333. The SMILES string of the molecule is O=C(Cc1ccn(-c2ccc(F)cc2)n1)N1CC[C@@H](O)C1. The molecule has 1 amide bonds. The van der Waals surface area contributed by atoms with Crippen LogP contribution in [0.4, 0.5) is 4.39 Å². The molecule has 0 spiro atoms. The van der Waals surface area contributed by atoms with Crippen molar-refractivity contribution in [2.75, 3.05) is 13.1 Å². The monoisotopic (exact) mass is 289 g/mol. The molecule has 2 heterocycles. The van der Waals surface area contributed by atoms with Crippen LogP contribution in [0.25, 0.3) is 5.69 Å². The summed E-state index contributed by atoms with van der Waals surface area (Å²) in [7, 11) is 0. The predicted octanol–water partition coefficient (Wildman–Crippen LogP) is 1.15. The minimum absolute atomic E-state index is 0.0316. The Labute approximate surface area is 121 Å². The second-order valence-electron chi connectivity index (χ2n) is 5.19. The van der Waals surface area contributed by atoms with E-state index in [1.165, 1.54) is 12.1 Å². The average molecular weight is 289 g/mol. The lowest BCUT2D eigenvalue weighted by molar-refractivity contribution is -0.129. The number of carbonyl (C=O) groups excluding carboxylic acids is 1. The molecule has 0 aliphatic carbocycles. The van der Waals surface area contributed by atoms with Gasteiger partial charge in [-0.2, -0.15) is 5.10 Å². The summed E-state index contributed by atoms with van der Waals surface area (Å²) in [6, 6.07) is 7.77. The topological polar surface area (TPSA) is 58.4 Å². The molecule has 5 nitrogen and oxygen atoms in total. The highest BCUT2D eigenvalue weighted by molar-refractivity contribution is 5.78. The summed E-state index contributed by atoms with van der Waals surface area (Å²) in [6.45, 7) is 0.996. The molecule has 1 aliphatic heterocycles. The van der Waals surface area contributed by atoms with Gasteiger partial charge in [-0.25, -0.2) is 9.07 Å². The lowest BCUT2D eigenvalue weighted by Gasteiger charge is -2.14. The minimum Gasteiger partial charge on any atom is -0.391 e. The van der Waals surface area contributed by atoms with Gasteiger partial charge in [-0.05, 0) is 36.8 Å². The first-order chi connectivity index (χ1) is 10.1. The fourth-order valence-electron chi connectivity index (χ4n) is 2.43. The van der Waals surface area contributed by atoms with Gasteiger partial charge in [-0.1, -0.05) is 0 Å². The van der Waals surface area contributed by atoms with Crippen molar-refractivity contribution in [2.45, 2.75) is 18.9 Å². The maximum absolute atomic E-state index is 12.9. The number of hydrogen-bond acceptors (Lipinski definition) is 3. The Kier molecular flexibility index (Phi) is 3.70. The summed E-state index contributed by atoms with van der Waals surface area (Å²) < 4.78 is 14.5. The molecule has 0 radical (unpaired) electrons. The number of aliphatic hydroxyl groups is 1. The maximum atomic E-state index is 12.9. The molecular formula is C15H16FN3O2. The van der Waals surface area contributed by atoms with Crippen molar-refractivity contribution in [1.82, 2.24) is 14.7 Å². The van der Waals surface area contributed by atoms with E-state index in [0.29, 0.717) is 25.2 Å². The second-order valence-corrected chi connectivity index (χ2v) is 5.19. The number of hydrogen-bond donors (Lipinski definition) is 1. The van der Waals surface area contributed by atoms with Crippen LogP contribution >= 0.6 is 0 Å². The van der Waals surface area contributed by atoms with Crippen molar-refractivity contribution in [1.29, 1.82) is 0 Å². The van der Waals surface area contributed by atoms with E-state index >= 15 is 0 Å². The third-order valence-corrected chi connectivity index (χ3v) is 3.58. The van der Waals surface area contributed by atoms with E-state index in [-0.39, 0.29) is 18.1 Å². The van der Waals surface area contributed by atoms with Crippen LogP contribution in [-0.4, -0.2) is 44.9 Å². The zero-order valence-electron chi connectivity index (χ0n) is 11.4. The average Bonchev–Trinajstić information content (AvgIpc) is 3.09. The summed E-state index contributed by atoms with van der Waals surface area (Å²) in [5.74, 6) is -0.329. The summed E-state index contributed by atoms with van der Waals surface area (Å²) in [6.07, 6.45) is 2.18. The number of carbonyl (C=O) groups is 1. The van der Waals surface area contributed by atoms with Gasteiger partial charge in [0.25, 0.3) is 0 Å². The van der Waals surface area contributed by atoms with Gasteiger partial charge in [0.1, 0.15) is 5.82 Å². The van der Waals surface area contributed by atoms with Gasteiger partial charge in [0.05, 0.1) is 23.9 Å². The number of nitrogens with zero attached hydrogens (tertiary/aromatic N) is 3. The molecule has 110 valence electrons. The summed E-state index contributed by atoms with van der Waals surface area (Å²) in [5.41, 5.74) is 1.40. The summed E-state index contributed by atoms with van der Waals surface area (Å²) in [5, 5.41) is 13.8. The Morgan fingerprint density at radius 3 is 2.76 bits per heavy atom. The summed E-state index contributed by atoms with van der Waals surface area (Å²) >= 11 is 0. The van der Waals surface area contributed by atoms with Crippen LogP contribution in [0.3, 0.4) is 0 Å². The molecule has 0 unspecified atom stereocenters. The van der Waals surface area contributed by atoms with Crippen molar-refractivity contribution < 1.29 is 14.3 Å². The first-order valence-corrected chi connectivity index (χ1v) is 6.88. The zero-order chi connectivity index (χ0) is 14.8. The molecule has 21 heavy (non-hydrogen) atoms. The molecule has 1 aromatic heterocycles. The highest BCUT2D eigenvalue weighted by Gasteiger charge is 2.24. The maximum Gasteiger partial charge on any atom is 0.228 e. The molecule has 2 aromatic rings. The normalized spacial score (nSPS) is 18.2. The Balaban J connectivity index is 1.67. The largest absolute Gasteiger partial charge is 0.391 e. The van der Waals surface area contributed by atoms with Gasteiger partial charge in [0, 0.05) is 19.3 Å². The van der Waals surface area contributed by atoms with Gasteiger partial charge in [-0.3, -0.25) is 4.79 Å². The van der Waals surface area contributed by atoms with Crippen molar-refractivity contribution in [2.24, 2.45) is 0 Å². The van der Waals surface area contributed by atoms with Gasteiger partial charge >= 0.3 is 0 Å². The van der Waals surface area contributed by atoms with Crippen LogP contribution in [0, 0.1) is 5.82 Å². The molecule has 1 fully saturated rings. The van der Waals surface area contributed by atoms with E-state index in [2.05, 4.69) is 5.10 Å². The molecule has 0 bridgehead atoms. The van der Waals surface area contributed by atoms with E-state index in [1.807, 2.05) is 0 Å². The fourth-order valence-corrected chi connectivity index (χ4v) is 2.43. The molecule has 1 N–H and O–H groups in total. The molecule has 1 aliphatic rings. The Morgan fingerprint density at radius 1 is 1.33 bits per heavy atom. The van der Waals surface area contributed by atoms with Crippen LogP contribution < -0.4 is 0 Å². The molecular weight excluding hydrogens is 273 g/mol. The Hall–Kier alpha value is -2.21. The lowest BCUT2D eigenvalue weighted by Crippen LogP contribution is -2.31. The Morgan fingerprint density at radius 2 is 2.10 bits per heavy atom. The van der Waals surface area contributed by atoms with Crippen molar-refractivity contribution in [3.8, 4) is 5.69 Å². The molecule has 6 heteroatoms. The number of benzene rings is 1. The second kappa shape index (κ2) is 5.65. The van der Waals surface area contributed by atoms with Crippen LogP contribution in [-0.2, 0) is 11.2 Å². The number of likely N-dealkylation sites (tertiary alicyclic amines) is 1. The van der Waals surface area contributed by atoms with Crippen molar-refractivity contribution in [3.63, 3.8) is 0 Å². The van der Waals surface area contributed by atoms with Crippen molar-refractivity contribution >= 4 is 5.91 Å². The van der Waals surface area contributed by atoms with Gasteiger partial charge in [0.2, 0.25) is 5.91 Å². The van der Waals surface area contributed by atoms with E-state index in [9.17, 15) is 14.3 Å². The molecule has 3 rings (SSSR count). The number of halogens is 1. The van der Waals surface area contributed by atoms with Gasteiger partial charge in [0.15, 0.2) is 0 Å². The number of rotatable bonds is 3. The molecule has 1 saturated heterocycles. The third kappa shape index (κ3) is 3.11. The smallest absolute Gasteiger partial charge is 0.228 e. The van der Waals surface area contributed by atoms with E-state index in [4.69, 9.17) is 0 Å². The van der Waals surface area contributed by atoms with Crippen LogP contribution in [0.15, 0.2) is 36.5 Å². The first-order valence-electron chi connectivity index (χ1n) is 6.88. The molecule has 1 aromatic carbocycles. The highest BCUT2D eigenvalue weighted by Crippen LogP contribution is 2.12. The van der Waals surface area contributed by atoms with Gasteiger partial charge in [-0.15, -0.1) is 0 Å². The minimum atomic E-state index is -0.411. The number of aliphatic hydroxyl groups excluding tert-OH is 1. The van der Waals surface area contributed by atoms with E-state index < -0.39 is 6.10 Å². The predicted molar refractivity (Wildman–Crippen MR) is 74.4 cm³/mol. The van der Waals surface area contributed by atoms with E-state index in [0.717, 1.165) is 5.69 Å². The Bertz CT molecular complexity index is 639. The van der Waals surface area contributed by atoms with Crippen LogP contribution in [0.1, 0.15) is 12.1 Å². The first kappa shape index (κ1) is 13.8. The number of amides is 1. The van der Waals surface area contributed by atoms with Gasteiger partial charge < -0.3 is 10.0 Å². The quantitative estimate of drug-likeness (QED) is 0.922. The highest BCUT2D eigenvalue weighted by atomic mass is 19.1. The molecule has 1 atom stereocenters. The molecule has 0 saturated carbocycles. The lowest BCUT2D eigenvalue weighted by atomic mass is 10.3. The number of aromatic nitrogens is 2. The summed E-state index contributed by atoms with van der Waals surface area (Å²) in [4.78, 5) is 13.7. The number of β-amino-alcohol motifs (C(OH)–C–C–N with tert-alkyl or cyclic N) is 1. The van der Waals surface area contributed by atoms with Crippen molar-refractivity contribution in [3.05, 3.63) is 48.0 Å². The van der Waals surface area contributed by atoms with Crippen LogP contribution in [0.2, 0.25) is 0 Å². The zero-order valence-corrected chi connectivity index (χ0v) is 11.4. The van der Waals surface area contributed by atoms with Crippen LogP contribution in [0.5, 0.6) is 0 Å².